The van der Waals surface area contributed by atoms with Crippen molar-refractivity contribution in [1.82, 2.24) is 5.32 Å². The first-order chi connectivity index (χ1) is 15.2. The Morgan fingerprint density at radius 2 is 1.94 bits per heavy atom. The third kappa shape index (κ3) is 4.03. The molecule has 4 rings (SSSR count). The minimum atomic E-state index is -1.41. The largest absolute Gasteiger partial charge is 0.545 e. The Morgan fingerprint density at radius 3 is 2.62 bits per heavy atom. The third-order valence-electron chi connectivity index (χ3n) is 4.55. The van der Waals surface area contributed by atoms with Gasteiger partial charge in [0, 0.05) is 11.1 Å². The number of furan rings is 1. The van der Waals surface area contributed by atoms with Crippen LogP contribution < -0.4 is 15.3 Å². The highest BCUT2D eigenvalue weighted by molar-refractivity contribution is 7.80. The molecule has 0 saturated carbocycles. The first-order valence-corrected chi connectivity index (χ1v) is 9.81. The molecule has 1 N–H and O–H groups in total. The molecule has 1 aliphatic rings. The van der Waals surface area contributed by atoms with Gasteiger partial charge in [-0.1, -0.05) is 29.8 Å². The van der Waals surface area contributed by atoms with E-state index in [1.807, 2.05) is 0 Å². The molecule has 1 saturated heterocycles. The van der Waals surface area contributed by atoms with Gasteiger partial charge in [0.1, 0.15) is 22.9 Å². The minimum Gasteiger partial charge on any atom is -0.545 e. The first-order valence-electron chi connectivity index (χ1n) is 9.03. The van der Waals surface area contributed by atoms with Crippen LogP contribution in [0.4, 0.5) is 10.1 Å². The molecule has 2 aromatic carbocycles. The van der Waals surface area contributed by atoms with Gasteiger partial charge in [-0.05, 0) is 54.7 Å². The van der Waals surface area contributed by atoms with Gasteiger partial charge < -0.3 is 14.3 Å². The Bertz CT molecular complexity index is 1330. The van der Waals surface area contributed by atoms with Gasteiger partial charge in [0.15, 0.2) is 5.11 Å². The summed E-state index contributed by atoms with van der Waals surface area (Å²) in [5.41, 5.74) is 0.205. The van der Waals surface area contributed by atoms with Crippen molar-refractivity contribution in [2.75, 3.05) is 4.90 Å². The van der Waals surface area contributed by atoms with E-state index in [0.29, 0.717) is 11.3 Å². The number of carboxylic acid groups (broad SMARTS) is 1. The van der Waals surface area contributed by atoms with Gasteiger partial charge in [0.05, 0.1) is 16.7 Å². The summed E-state index contributed by atoms with van der Waals surface area (Å²) < 4.78 is 19.3. The van der Waals surface area contributed by atoms with Crippen LogP contribution in [0.5, 0.6) is 0 Å². The standard InChI is InChI=1S/C22H12ClFN2O5S/c23-17-8-11(4-6-15(17)21(29)30)18-7-5-14(31-18)10-16-19(27)25-22(32)26(20(16)28)13-3-1-2-12(24)9-13/h1-10H,(H,29,30)(H,25,27,32)/p-1/b16-10+. The first kappa shape index (κ1) is 21.4. The van der Waals surface area contributed by atoms with Crippen molar-refractivity contribution < 1.29 is 28.3 Å². The van der Waals surface area contributed by atoms with Crippen molar-refractivity contribution in [3.05, 3.63) is 82.3 Å². The summed E-state index contributed by atoms with van der Waals surface area (Å²) in [7, 11) is 0. The Hall–Kier alpha value is -3.82. The number of carbonyl (C=O) groups excluding carboxylic acids is 3. The Balaban J connectivity index is 1.66. The van der Waals surface area contributed by atoms with Gasteiger partial charge in [-0.15, -0.1) is 0 Å². The summed E-state index contributed by atoms with van der Waals surface area (Å²) in [6.45, 7) is 0. The molecular weight excluding hydrogens is 459 g/mol. The number of carboxylic acids is 1. The lowest BCUT2D eigenvalue weighted by molar-refractivity contribution is -0.255. The molecule has 32 heavy (non-hydrogen) atoms. The highest BCUT2D eigenvalue weighted by Gasteiger charge is 2.34. The van der Waals surface area contributed by atoms with Gasteiger partial charge in [-0.3, -0.25) is 19.8 Å². The van der Waals surface area contributed by atoms with E-state index in [1.54, 1.807) is 6.07 Å². The Morgan fingerprint density at radius 1 is 1.16 bits per heavy atom. The molecule has 0 spiro atoms. The molecule has 0 atom stereocenters. The van der Waals surface area contributed by atoms with E-state index in [2.05, 4.69) is 5.32 Å². The highest BCUT2D eigenvalue weighted by atomic mass is 35.5. The number of rotatable bonds is 4. The molecule has 10 heteroatoms. The molecule has 3 aromatic rings. The zero-order chi connectivity index (χ0) is 23.0. The summed E-state index contributed by atoms with van der Waals surface area (Å²) in [4.78, 5) is 37.3. The minimum absolute atomic E-state index is 0.0279. The average molecular weight is 470 g/mol. The van der Waals surface area contributed by atoms with Crippen molar-refractivity contribution >= 4 is 58.5 Å². The van der Waals surface area contributed by atoms with Crippen LogP contribution >= 0.6 is 23.8 Å². The Labute approximate surface area is 190 Å². The number of halogens is 2. The van der Waals surface area contributed by atoms with E-state index in [0.717, 1.165) is 11.0 Å². The number of hydrogen-bond donors (Lipinski definition) is 1. The summed E-state index contributed by atoms with van der Waals surface area (Å²) in [6.07, 6.45) is 1.23. The molecule has 2 amide bonds. The summed E-state index contributed by atoms with van der Waals surface area (Å²) in [5.74, 6) is -2.96. The van der Waals surface area contributed by atoms with Gasteiger partial charge in [-0.2, -0.15) is 0 Å². The van der Waals surface area contributed by atoms with E-state index < -0.39 is 23.6 Å². The molecule has 0 unspecified atom stereocenters. The van der Waals surface area contributed by atoms with Gasteiger partial charge in [-0.25, -0.2) is 4.39 Å². The topological polar surface area (TPSA) is 103 Å². The summed E-state index contributed by atoms with van der Waals surface area (Å²) >= 11 is 11.0. The van der Waals surface area contributed by atoms with Crippen LogP contribution in [0.15, 0.2) is 64.6 Å². The van der Waals surface area contributed by atoms with Crippen LogP contribution in [0, 0.1) is 5.82 Å². The predicted octanol–water partition coefficient (Wildman–Crippen LogP) is 2.93. The number of amides is 2. The lowest BCUT2D eigenvalue weighted by Crippen LogP contribution is -2.54. The number of nitrogens with zero attached hydrogens (tertiary/aromatic N) is 1. The van der Waals surface area contributed by atoms with Crippen molar-refractivity contribution in [2.45, 2.75) is 0 Å². The van der Waals surface area contributed by atoms with Crippen LogP contribution in [-0.2, 0) is 9.59 Å². The predicted molar refractivity (Wildman–Crippen MR) is 116 cm³/mol. The number of hydrogen-bond acceptors (Lipinski definition) is 6. The Kier molecular flexibility index (Phi) is 5.60. The molecule has 2 heterocycles. The second kappa shape index (κ2) is 8.37. The van der Waals surface area contributed by atoms with Crippen molar-refractivity contribution in [1.29, 1.82) is 0 Å². The van der Waals surface area contributed by atoms with E-state index in [1.165, 1.54) is 48.5 Å². The van der Waals surface area contributed by atoms with Crippen molar-refractivity contribution in [3.8, 4) is 11.3 Å². The maximum atomic E-state index is 13.6. The molecule has 1 aliphatic heterocycles. The zero-order valence-electron chi connectivity index (χ0n) is 15.9. The van der Waals surface area contributed by atoms with Crippen LogP contribution in [0.1, 0.15) is 16.1 Å². The van der Waals surface area contributed by atoms with Gasteiger partial charge >= 0.3 is 0 Å². The van der Waals surface area contributed by atoms with E-state index in [-0.39, 0.29) is 32.7 Å². The lowest BCUT2D eigenvalue weighted by Gasteiger charge is -2.28. The third-order valence-corrected chi connectivity index (χ3v) is 5.15. The van der Waals surface area contributed by atoms with Gasteiger partial charge in [0.2, 0.25) is 0 Å². The highest BCUT2D eigenvalue weighted by Crippen LogP contribution is 2.29. The fourth-order valence-electron chi connectivity index (χ4n) is 3.07. The maximum Gasteiger partial charge on any atom is 0.270 e. The zero-order valence-corrected chi connectivity index (χ0v) is 17.5. The fraction of sp³-hybridized carbons (Fsp3) is 0. The van der Waals surface area contributed by atoms with Crippen molar-refractivity contribution in [2.24, 2.45) is 0 Å². The molecule has 0 radical (unpaired) electrons. The molecule has 1 fully saturated rings. The van der Waals surface area contributed by atoms with Crippen LogP contribution in [0.3, 0.4) is 0 Å². The smallest absolute Gasteiger partial charge is 0.270 e. The molecule has 1 aromatic heterocycles. The number of aromatic carboxylic acids is 1. The second-order valence-corrected chi connectivity index (χ2v) is 7.42. The number of thiocarbonyl (C=S) groups is 1. The van der Waals surface area contributed by atoms with E-state index in [9.17, 15) is 23.9 Å². The van der Waals surface area contributed by atoms with Crippen LogP contribution in [-0.4, -0.2) is 22.9 Å². The SMILES string of the molecule is O=C1NC(=S)N(c2cccc(F)c2)C(=O)/C1=C/c1ccc(-c2ccc(C(=O)[O-])c(Cl)c2)o1. The molecule has 7 nitrogen and oxygen atoms in total. The van der Waals surface area contributed by atoms with Gasteiger partial charge in [0.25, 0.3) is 11.8 Å². The molecule has 0 bridgehead atoms. The monoisotopic (exact) mass is 469 g/mol. The van der Waals surface area contributed by atoms with Crippen molar-refractivity contribution in [3.63, 3.8) is 0 Å². The van der Waals surface area contributed by atoms with E-state index >= 15 is 0 Å². The van der Waals surface area contributed by atoms with Crippen LogP contribution in [0.25, 0.3) is 17.4 Å². The fourth-order valence-corrected chi connectivity index (χ4v) is 3.61. The number of nitrogens with one attached hydrogen (secondary N) is 1. The quantitative estimate of drug-likeness (QED) is 0.358. The molecular formula is C22H11ClFN2O5S-. The van der Waals surface area contributed by atoms with Crippen LogP contribution in [0.2, 0.25) is 5.02 Å². The number of anilines is 1. The molecule has 0 aliphatic carbocycles. The summed E-state index contributed by atoms with van der Waals surface area (Å²) in [6, 6.07) is 12.5. The second-order valence-electron chi connectivity index (χ2n) is 6.62. The normalized spacial score (nSPS) is 15.2. The molecule has 160 valence electrons. The van der Waals surface area contributed by atoms with E-state index in [4.69, 9.17) is 28.2 Å². The number of benzene rings is 2. The summed E-state index contributed by atoms with van der Waals surface area (Å²) in [5, 5.41) is 13.2. The maximum absolute atomic E-state index is 13.6. The average Bonchev–Trinajstić information content (AvgIpc) is 3.19. The lowest BCUT2D eigenvalue weighted by atomic mass is 10.1. The number of carbonyl (C=O) groups is 3.